The van der Waals surface area contributed by atoms with Gasteiger partial charge in [-0.1, -0.05) is 50.2 Å². The van der Waals surface area contributed by atoms with E-state index in [9.17, 15) is 4.39 Å². The summed E-state index contributed by atoms with van der Waals surface area (Å²) in [6.45, 7) is 4.40. The zero-order valence-corrected chi connectivity index (χ0v) is 12.4. The first-order valence-corrected chi connectivity index (χ1v) is 7.11. The predicted molar refractivity (Wildman–Crippen MR) is 82.4 cm³/mol. The molecule has 2 aromatic carbocycles. The summed E-state index contributed by atoms with van der Waals surface area (Å²) in [5.41, 5.74) is 3.76. The Morgan fingerprint density at radius 2 is 1.45 bits per heavy atom. The van der Waals surface area contributed by atoms with E-state index in [-0.39, 0.29) is 11.9 Å². The molecule has 0 aliphatic heterocycles. The maximum Gasteiger partial charge on any atom is 0.123 e. The zero-order valence-electron chi connectivity index (χ0n) is 12.4. The van der Waals surface area contributed by atoms with Crippen molar-refractivity contribution in [3.05, 3.63) is 71.0 Å². The van der Waals surface area contributed by atoms with Crippen LogP contribution in [0.15, 0.2) is 48.5 Å². The van der Waals surface area contributed by atoms with E-state index in [4.69, 9.17) is 0 Å². The Morgan fingerprint density at radius 1 is 0.900 bits per heavy atom. The summed E-state index contributed by atoms with van der Waals surface area (Å²) in [4.78, 5) is 0. The highest BCUT2D eigenvalue weighted by Crippen LogP contribution is 2.20. The van der Waals surface area contributed by atoms with E-state index in [1.54, 1.807) is 0 Å². The number of hydrogen-bond acceptors (Lipinski definition) is 1. The standard InChI is InChI=1S/C18H22FN/c1-13(2)15-6-4-14(5-7-15)12-18(20-3)16-8-10-17(19)11-9-16/h4-11,13,18,20H,12H2,1-3H3. The van der Waals surface area contributed by atoms with E-state index < -0.39 is 0 Å². The number of likely N-dealkylation sites (N-methyl/N-ethyl adjacent to an activating group) is 1. The summed E-state index contributed by atoms with van der Waals surface area (Å²) in [5, 5.41) is 3.30. The van der Waals surface area contributed by atoms with Crippen LogP contribution in [0.4, 0.5) is 4.39 Å². The number of hydrogen-bond donors (Lipinski definition) is 1. The first kappa shape index (κ1) is 14.7. The molecule has 20 heavy (non-hydrogen) atoms. The monoisotopic (exact) mass is 271 g/mol. The van der Waals surface area contributed by atoms with Gasteiger partial charge in [0.1, 0.15) is 5.82 Å². The molecule has 0 amide bonds. The third-order valence-electron chi connectivity index (χ3n) is 3.71. The molecule has 0 fully saturated rings. The third kappa shape index (κ3) is 3.67. The summed E-state index contributed by atoms with van der Waals surface area (Å²) >= 11 is 0. The van der Waals surface area contributed by atoms with Gasteiger partial charge in [-0.15, -0.1) is 0 Å². The normalized spacial score (nSPS) is 12.7. The molecule has 1 atom stereocenters. The summed E-state index contributed by atoms with van der Waals surface area (Å²) < 4.78 is 13.0. The van der Waals surface area contributed by atoms with E-state index in [1.807, 2.05) is 19.2 Å². The van der Waals surface area contributed by atoms with Crippen LogP contribution in [-0.4, -0.2) is 7.05 Å². The summed E-state index contributed by atoms with van der Waals surface area (Å²) in [6, 6.07) is 15.7. The highest BCUT2D eigenvalue weighted by molar-refractivity contribution is 5.28. The van der Waals surface area contributed by atoms with Gasteiger partial charge >= 0.3 is 0 Å². The maximum absolute atomic E-state index is 13.0. The molecule has 1 nitrogen and oxygen atoms in total. The Balaban J connectivity index is 2.11. The predicted octanol–water partition coefficient (Wildman–Crippen LogP) is 4.45. The first-order valence-electron chi connectivity index (χ1n) is 7.11. The molecular formula is C18H22FN. The van der Waals surface area contributed by atoms with Gasteiger partial charge in [0.25, 0.3) is 0 Å². The van der Waals surface area contributed by atoms with Crippen LogP contribution >= 0.6 is 0 Å². The molecule has 0 saturated carbocycles. The fourth-order valence-electron chi connectivity index (χ4n) is 2.36. The second-order valence-electron chi connectivity index (χ2n) is 5.49. The Bertz CT molecular complexity index is 528. The van der Waals surface area contributed by atoms with Crippen LogP contribution in [0.2, 0.25) is 0 Å². The van der Waals surface area contributed by atoms with Crippen LogP contribution in [0.1, 0.15) is 42.5 Å². The SMILES string of the molecule is CNC(Cc1ccc(C(C)C)cc1)c1ccc(F)cc1. The Hall–Kier alpha value is -1.67. The molecule has 1 unspecified atom stereocenters. The molecular weight excluding hydrogens is 249 g/mol. The number of benzene rings is 2. The van der Waals surface area contributed by atoms with Crippen LogP contribution < -0.4 is 5.32 Å². The van der Waals surface area contributed by atoms with E-state index >= 15 is 0 Å². The van der Waals surface area contributed by atoms with Gasteiger partial charge < -0.3 is 5.32 Å². The van der Waals surface area contributed by atoms with Crippen LogP contribution in [0, 0.1) is 5.82 Å². The minimum absolute atomic E-state index is 0.190. The molecule has 0 aliphatic rings. The molecule has 2 rings (SSSR count). The van der Waals surface area contributed by atoms with Gasteiger partial charge in [0.15, 0.2) is 0 Å². The topological polar surface area (TPSA) is 12.0 Å². The van der Waals surface area contributed by atoms with Crippen molar-refractivity contribution in [2.75, 3.05) is 7.05 Å². The lowest BCUT2D eigenvalue weighted by atomic mass is 9.96. The molecule has 0 heterocycles. The molecule has 0 bridgehead atoms. The van der Waals surface area contributed by atoms with Crippen molar-refractivity contribution in [1.82, 2.24) is 5.32 Å². The van der Waals surface area contributed by atoms with Crippen molar-refractivity contribution in [1.29, 1.82) is 0 Å². The Kier molecular flexibility index (Phi) is 4.91. The Morgan fingerprint density at radius 3 is 1.95 bits per heavy atom. The van der Waals surface area contributed by atoms with Crippen LogP contribution in [0.25, 0.3) is 0 Å². The molecule has 0 aliphatic carbocycles. The van der Waals surface area contributed by atoms with Crippen molar-refractivity contribution in [3.63, 3.8) is 0 Å². The average Bonchev–Trinajstić information content (AvgIpc) is 2.46. The second-order valence-corrected chi connectivity index (χ2v) is 5.49. The van der Waals surface area contributed by atoms with Crippen molar-refractivity contribution in [2.24, 2.45) is 0 Å². The minimum Gasteiger partial charge on any atom is -0.313 e. The average molecular weight is 271 g/mol. The molecule has 2 aromatic rings. The summed E-state index contributed by atoms with van der Waals surface area (Å²) in [6.07, 6.45) is 0.903. The number of nitrogens with one attached hydrogen (secondary N) is 1. The van der Waals surface area contributed by atoms with E-state index in [2.05, 4.69) is 43.4 Å². The molecule has 0 saturated heterocycles. The minimum atomic E-state index is -0.190. The van der Waals surface area contributed by atoms with Gasteiger partial charge in [-0.05, 0) is 48.2 Å². The van der Waals surface area contributed by atoms with Gasteiger partial charge in [-0.25, -0.2) is 4.39 Å². The lowest BCUT2D eigenvalue weighted by Gasteiger charge is -2.17. The third-order valence-corrected chi connectivity index (χ3v) is 3.71. The second kappa shape index (κ2) is 6.67. The highest BCUT2D eigenvalue weighted by Gasteiger charge is 2.10. The number of rotatable bonds is 5. The smallest absolute Gasteiger partial charge is 0.123 e. The molecule has 106 valence electrons. The summed E-state index contributed by atoms with van der Waals surface area (Å²) in [5.74, 6) is 0.367. The lowest BCUT2D eigenvalue weighted by Crippen LogP contribution is -2.18. The van der Waals surface area contributed by atoms with Crippen molar-refractivity contribution >= 4 is 0 Å². The van der Waals surface area contributed by atoms with Crippen molar-refractivity contribution < 1.29 is 4.39 Å². The fraction of sp³-hybridized carbons (Fsp3) is 0.333. The molecule has 0 spiro atoms. The van der Waals surface area contributed by atoms with E-state index in [0.29, 0.717) is 5.92 Å². The van der Waals surface area contributed by atoms with Gasteiger partial charge in [0.2, 0.25) is 0 Å². The highest BCUT2D eigenvalue weighted by atomic mass is 19.1. The molecule has 2 heteroatoms. The quantitative estimate of drug-likeness (QED) is 0.847. The van der Waals surface area contributed by atoms with E-state index in [1.165, 1.54) is 23.3 Å². The molecule has 1 N–H and O–H groups in total. The van der Waals surface area contributed by atoms with E-state index in [0.717, 1.165) is 12.0 Å². The Labute approximate surface area is 120 Å². The number of halogens is 1. The van der Waals surface area contributed by atoms with Gasteiger partial charge in [-0.3, -0.25) is 0 Å². The largest absolute Gasteiger partial charge is 0.313 e. The first-order chi connectivity index (χ1) is 9.60. The fourth-order valence-corrected chi connectivity index (χ4v) is 2.36. The van der Waals surface area contributed by atoms with Crippen molar-refractivity contribution in [3.8, 4) is 0 Å². The van der Waals surface area contributed by atoms with Gasteiger partial charge in [0.05, 0.1) is 0 Å². The van der Waals surface area contributed by atoms with Crippen molar-refractivity contribution in [2.45, 2.75) is 32.2 Å². The van der Waals surface area contributed by atoms with Crippen LogP contribution in [0.5, 0.6) is 0 Å². The molecule has 0 aromatic heterocycles. The van der Waals surface area contributed by atoms with Crippen LogP contribution in [-0.2, 0) is 6.42 Å². The van der Waals surface area contributed by atoms with Crippen LogP contribution in [0.3, 0.4) is 0 Å². The van der Waals surface area contributed by atoms with Gasteiger partial charge in [0, 0.05) is 6.04 Å². The lowest BCUT2D eigenvalue weighted by molar-refractivity contribution is 0.586. The molecule has 0 radical (unpaired) electrons. The maximum atomic E-state index is 13.0. The van der Waals surface area contributed by atoms with Gasteiger partial charge in [-0.2, -0.15) is 0 Å². The summed E-state index contributed by atoms with van der Waals surface area (Å²) in [7, 11) is 1.94. The zero-order chi connectivity index (χ0) is 14.5.